The molecule has 0 bridgehead atoms. The molecule has 0 aliphatic carbocycles. The minimum absolute atomic E-state index is 0.0390. The van der Waals surface area contributed by atoms with Crippen LogP contribution in [0.15, 0.2) is 84.9 Å². The molecule has 0 saturated heterocycles. The van der Waals surface area contributed by atoms with Gasteiger partial charge in [-0.15, -0.1) is 0 Å². The van der Waals surface area contributed by atoms with Crippen molar-refractivity contribution in [2.24, 2.45) is 0 Å². The Bertz CT molecular complexity index is 1030. The van der Waals surface area contributed by atoms with E-state index in [0.717, 1.165) is 11.1 Å². The van der Waals surface area contributed by atoms with Crippen molar-refractivity contribution in [2.75, 3.05) is 4.90 Å². The summed E-state index contributed by atoms with van der Waals surface area (Å²) in [6, 6.07) is 24.8. The number of anilines is 1. The fourth-order valence-corrected chi connectivity index (χ4v) is 3.50. The van der Waals surface area contributed by atoms with Gasteiger partial charge in [0.15, 0.2) is 0 Å². The van der Waals surface area contributed by atoms with Gasteiger partial charge in [0.2, 0.25) is 5.91 Å². The first kappa shape index (κ1) is 22.0. The normalized spacial score (nSPS) is 12.1. The van der Waals surface area contributed by atoms with E-state index in [1.54, 1.807) is 18.2 Å². The number of benzene rings is 3. The Labute approximate surface area is 182 Å². The molecule has 0 fully saturated rings. The van der Waals surface area contributed by atoms with Gasteiger partial charge in [-0.1, -0.05) is 72.8 Å². The third-order valence-electron chi connectivity index (χ3n) is 4.76. The van der Waals surface area contributed by atoms with Crippen molar-refractivity contribution in [3.63, 3.8) is 0 Å². The lowest BCUT2D eigenvalue weighted by molar-refractivity contribution is -0.384. The maximum atomic E-state index is 13.5. The van der Waals surface area contributed by atoms with Crippen LogP contribution in [0, 0.1) is 10.1 Å². The molecule has 6 nitrogen and oxygen atoms in total. The zero-order valence-corrected chi connectivity index (χ0v) is 18.0. The van der Waals surface area contributed by atoms with Gasteiger partial charge in [0.05, 0.1) is 4.92 Å². The van der Waals surface area contributed by atoms with Crippen molar-refractivity contribution in [1.29, 1.82) is 0 Å². The summed E-state index contributed by atoms with van der Waals surface area (Å²) in [5.74, 6) is -0.215. The summed E-state index contributed by atoms with van der Waals surface area (Å²) in [5, 5.41) is 14.9. The number of carbonyl (C=O) groups excluding carboxylic acids is 1. The molecule has 1 N–H and O–H groups in total. The van der Waals surface area contributed by atoms with Crippen LogP contribution in [0.3, 0.4) is 0 Å². The first-order chi connectivity index (χ1) is 14.8. The molecule has 0 heterocycles. The maximum absolute atomic E-state index is 13.5. The number of hydrogen-bond donors (Lipinski definition) is 1. The average molecular weight is 418 g/mol. The number of rotatable bonds is 7. The van der Waals surface area contributed by atoms with Crippen LogP contribution >= 0.6 is 0 Å². The fourth-order valence-electron chi connectivity index (χ4n) is 3.50. The van der Waals surface area contributed by atoms with Gasteiger partial charge in [-0.3, -0.25) is 14.9 Å². The van der Waals surface area contributed by atoms with Crippen molar-refractivity contribution < 1.29 is 9.72 Å². The molecule has 0 radical (unpaired) electrons. The molecule has 1 unspecified atom stereocenters. The molecule has 3 aromatic rings. The summed E-state index contributed by atoms with van der Waals surface area (Å²) in [6.07, 6.45) is 0. The van der Waals surface area contributed by atoms with E-state index in [9.17, 15) is 14.9 Å². The Balaban J connectivity index is 2.18. The summed E-state index contributed by atoms with van der Waals surface area (Å²) in [7, 11) is 0. The second kappa shape index (κ2) is 9.43. The van der Waals surface area contributed by atoms with E-state index in [4.69, 9.17) is 0 Å². The van der Waals surface area contributed by atoms with Crippen LogP contribution in [0.2, 0.25) is 0 Å². The largest absolute Gasteiger partial charge is 0.349 e. The second-order valence-corrected chi connectivity index (χ2v) is 8.41. The Morgan fingerprint density at radius 3 is 2.06 bits per heavy atom. The number of nitro groups is 1. The third kappa shape index (κ3) is 5.69. The predicted molar refractivity (Wildman–Crippen MR) is 123 cm³/mol. The van der Waals surface area contributed by atoms with Crippen molar-refractivity contribution in [3.8, 4) is 0 Å². The van der Waals surface area contributed by atoms with Crippen LogP contribution in [0.4, 0.5) is 11.4 Å². The second-order valence-electron chi connectivity index (χ2n) is 8.41. The molecule has 160 valence electrons. The van der Waals surface area contributed by atoms with Crippen LogP contribution in [0.1, 0.15) is 37.9 Å². The van der Waals surface area contributed by atoms with Gasteiger partial charge in [0.25, 0.3) is 5.69 Å². The minimum atomic E-state index is -0.748. The topological polar surface area (TPSA) is 75.5 Å². The molecule has 0 aromatic heterocycles. The van der Waals surface area contributed by atoms with Crippen LogP contribution in [-0.4, -0.2) is 16.4 Å². The lowest BCUT2D eigenvalue weighted by atomic mass is 10.00. The van der Waals surface area contributed by atoms with Gasteiger partial charge >= 0.3 is 0 Å². The van der Waals surface area contributed by atoms with E-state index in [2.05, 4.69) is 5.32 Å². The summed E-state index contributed by atoms with van der Waals surface area (Å²) in [5.41, 5.74) is 1.62. The van der Waals surface area contributed by atoms with Crippen LogP contribution in [-0.2, 0) is 11.3 Å². The number of nitrogens with zero attached hydrogens (tertiary/aromatic N) is 2. The summed E-state index contributed by atoms with van der Waals surface area (Å²) >= 11 is 0. The Morgan fingerprint density at radius 2 is 1.48 bits per heavy atom. The van der Waals surface area contributed by atoms with Gasteiger partial charge in [-0.25, -0.2) is 0 Å². The lowest BCUT2D eigenvalue weighted by Crippen LogP contribution is -2.48. The van der Waals surface area contributed by atoms with Gasteiger partial charge < -0.3 is 10.2 Å². The van der Waals surface area contributed by atoms with E-state index in [-0.39, 0.29) is 11.6 Å². The van der Waals surface area contributed by atoms with E-state index < -0.39 is 16.5 Å². The highest BCUT2D eigenvalue weighted by atomic mass is 16.6. The zero-order chi connectivity index (χ0) is 22.4. The summed E-state index contributed by atoms with van der Waals surface area (Å²) in [4.78, 5) is 26.7. The number of carbonyl (C=O) groups is 1. The fraction of sp³-hybridized carbons (Fsp3) is 0.240. The van der Waals surface area contributed by atoms with Gasteiger partial charge in [-0.2, -0.15) is 0 Å². The van der Waals surface area contributed by atoms with Crippen LogP contribution in [0.5, 0.6) is 0 Å². The molecule has 0 aliphatic heterocycles. The van der Waals surface area contributed by atoms with E-state index in [1.807, 2.05) is 86.3 Å². The average Bonchev–Trinajstić information content (AvgIpc) is 2.73. The molecular weight excluding hydrogens is 390 g/mol. The lowest BCUT2D eigenvalue weighted by Gasteiger charge is -2.35. The molecule has 6 heteroatoms. The van der Waals surface area contributed by atoms with E-state index in [1.165, 1.54) is 6.07 Å². The maximum Gasteiger partial charge on any atom is 0.292 e. The van der Waals surface area contributed by atoms with Gasteiger partial charge in [-0.05, 0) is 38.0 Å². The molecular formula is C25H27N3O3. The van der Waals surface area contributed by atoms with Crippen LogP contribution < -0.4 is 10.2 Å². The Kier molecular flexibility index (Phi) is 6.70. The number of para-hydroxylation sites is 2. The monoisotopic (exact) mass is 417 g/mol. The van der Waals surface area contributed by atoms with Crippen molar-refractivity contribution in [2.45, 2.75) is 38.9 Å². The summed E-state index contributed by atoms with van der Waals surface area (Å²) in [6.45, 7) is 6.08. The predicted octanol–water partition coefficient (Wildman–Crippen LogP) is 5.26. The number of amides is 1. The van der Waals surface area contributed by atoms with Crippen molar-refractivity contribution in [3.05, 3.63) is 106 Å². The number of nitro benzene ring substituents is 1. The molecule has 0 spiro atoms. The number of hydrogen-bond acceptors (Lipinski definition) is 4. The molecule has 0 saturated carbocycles. The van der Waals surface area contributed by atoms with Crippen LogP contribution in [0.25, 0.3) is 0 Å². The Hall–Kier alpha value is -3.67. The first-order valence-electron chi connectivity index (χ1n) is 10.2. The molecule has 1 amide bonds. The first-order valence-corrected chi connectivity index (χ1v) is 10.2. The molecule has 3 rings (SSSR count). The summed E-state index contributed by atoms with van der Waals surface area (Å²) < 4.78 is 0. The highest BCUT2D eigenvalue weighted by molar-refractivity contribution is 5.88. The number of nitrogens with one attached hydrogen (secondary N) is 1. The highest BCUT2D eigenvalue weighted by Crippen LogP contribution is 2.36. The highest BCUT2D eigenvalue weighted by Gasteiger charge is 2.33. The third-order valence-corrected chi connectivity index (χ3v) is 4.76. The van der Waals surface area contributed by atoms with E-state index >= 15 is 0 Å². The molecule has 3 aromatic carbocycles. The molecule has 1 atom stereocenters. The van der Waals surface area contributed by atoms with Crippen molar-refractivity contribution in [1.82, 2.24) is 5.32 Å². The Morgan fingerprint density at radius 1 is 0.935 bits per heavy atom. The smallest absolute Gasteiger partial charge is 0.292 e. The minimum Gasteiger partial charge on any atom is -0.349 e. The molecule has 0 aliphatic rings. The zero-order valence-electron chi connectivity index (χ0n) is 18.0. The SMILES string of the molecule is CC(C)(C)NC(=O)C(c1ccccc1)N(Cc1ccccc1)c1ccccc1[N+](=O)[O-]. The molecule has 31 heavy (non-hydrogen) atoms. The quantitative estimate of drug-likeness (QED) is 0.420. The standard InChI is InChI=1S/C25H27N3O3/c1-25(2,3)26-24(29)23(20-14-8-5-9-15-20)27(18-19-12-6-4-7-13-19)21-16-10-11-17-22(21)28(30)31/h4-17,23H,18H2,1-3H3,(H,26,29). The van der Waals surface area contributed by atoms with Crippen molar-refractivity contribution >= 4 is 17.3 Å². The van der Waals surface area contributed by atoms with Gasteiger partial charge in [0, 0.05) is 18.2 Å². The van der Waals surface area contributed by atoms with Gasteiger partial charge in [0.1, 0.15) is 11.7 Å². The van der Waals surface area contributed by atoms with E-state index in [0.29, 0.717) is 12.2 Å².